The Morgan fingerprint density at radius 2 is 2.24 bits per heavy atom. The van der Waals surface area contributed by atoms with Crippen molar-refractivity contribution in [2.24, 2.45) is 5.11 Å². The van der Waals surface area contributed by atoms with Crippen molar-refractivity contribution in [1.29, 1.82) is 0 Å². The average Bonchev–Trinajstić information content (AvgIpc) is 2.50. The topological polar surface area (TPSA) is 88.0 Å². The molecule has 0 saturated carbocycles. The molecule has 21 heavy (non-hydrogen) atoms. The lowest BCUT2D eigenvalue weighted by molar-refractivity contribution is 0.1000. The van der Waals surface area contributed by atoms with Crippen molar-refractivity contribution < 1.29 is 9.53 Å². The first-order valence-electron chi connectivity index (χ1n) is 6.43. The smallest absolute Gasteiger partial charge is 0.249 e. The van der Waals surface area contributed by atoms with Gasteiger partial charge in [-0.2, -0.15) is 0 Å². The summed E-state index contributed by atoms with van der Waals surface area (Å²) in [5.74, 6) is -0.0167. The van der Waals surface area contributed by atoms with E-state index in [-0.39, 0.29) is 0 Å². The molecule has 106 valence electrons. The number of carbonyl (C=O) groups is 1. The highest BCUT2D eigenvalue weighted by Gasteiger charge is 2.07. The fraction of sp³-hybridized carbons (Fsp3) is 0.200. The van der Waals surface area contributed by atoms with Crippen LogP contribution in [0.15, 0.2) is 47.7 Å². The molecule has 6 nitrogen and oxygen atoms in total. The first kappa shape index (κ1) is 14.6. The zero-order valence-electron chi connectivity index (χ0n) is 11.6. The van der Waals surface area contributed by atoms with Crippen LogP contribution in [0, 0.1) is 6.92 Å². The van der Waals surface area contributed by atoms with Gasteiger partial charge in [0.15, 0.2) is 0 Å². The summed E-state index contributed by atoms with van der Waals surface area (Å²) in [7, 11) is 0. The highest BCUT2D eigenvalue weighted by molar-refractivity contribution is 5.95. The van der Waals surface area contributed by atoms with Gasteiger partial charge in [0.25, 0.3) is 0 Å². The molecule has 2 aromatic rings. The largest absolute Gasteiger partial charge is 0.493 e. The van der Waals surface area contributed by atoms with Crippen molar-refractivity contribution in [3.05, 3.63) is 69.9 Å². The van der Waals surface area contributed by atoms with E-state index < -0.39 is 5.91 Å². The van der Waals surface area contributed by atoms with Crippen LogP contribution in [0.5, 0.6) is 5.75 Å². The van der Waals surface area contributed by atoms with Crippen LogP contribution in [-0.2, 0) is 6.42 Å². The van der Waals surface area contributed by atoms with Gasteiger partial charge in [-0.15, -0.1) is 0 Å². The Kier molecular flexibility index (Phi) is 4.90. The molecule has 0 saturated heterocycles. The molecular formula is C15H14N4O2. The molecular weight excluding hydrogens is 268 g/mol. The second-order valence-electron chi connectivity index (χ2n) is 4.39. The molecule has 2 rings (SSSR count). The summed E-state index contributed by atoms with van der Waals surface area (Å²) in [6.45, 7) is 2.34. The molecule has 0 N–H and O–H groups in total. The quantitative estimate of drug-likeness (QED) is 0.478. The standard InChI is InChI=1S/C15H14N4O2/c1-11-5-6-12(15(20)18-19-16)10-14(11)21-9-7-13-4-2-3-8-17-13/h2-6,8,10H,7,9H2,1H3. The molecule has 0 fully saturated rings. The molecule has 0 radical (unpaired) electrons. The van der Waals surface area contributed by atoms with Crippen molar-refractivity contribution in [2.75, 3.05) is 6.61 Å². The summed E-state index contributed by atoms with van der Waals surface area (Å²) >= 11 is 0. The van der Waals surface area contributed by atoms with Gasteiger partial charge in [-0.25, -0.2) is 0 Å². The number of azide groups is 1. The van der Waals surface area contributed by atoms with Gasteiger partial charge in [0.1, 0.15) is 5.75 Å². The van der Waals surface area contributed by atoms with Crippen molar-refractivity contribution in [2.45, 2.75) is 13.3 Å². The highest BCUT2D eigenvalue weighted by atomic mass is 16.5. The lowest BCUT2D eigenvalue weighted by Gasteiger charge is -2.10. The second kappa shape index (κ2) is 7.07. The number of ether oxygens (including phenoxy) is 1. The number of hydrogen-bond donors (Lipinski definition) is 0. The fourth-order valence-corrected chi connectivity index (χ4v) is 1.80. The maximum Gasteiger partial charge on any atom is 0.249 e. The predicted octanol–water partition coefficient (Wildman–Crippen LogP) is 3.46. The van der Waals surface area contributed by atoms with Gasteiger partial charge in [-0.05, 0) is 41.3 Å². The number of hydrogen-bond acceptors (Lipinski definition) is 3. The predicted molar refractivity (Wildman–Crippen MR) is 78.1 cm³/mol. The Bertz CT molecular complexity index is 679. The number of rotatable bonds is 5. The number of pyridine rings is 1. The number of benzene rings is 1. The van der Waals surface area contributed by atoms with Crippen LogP contribution in [0.3, 0.4) is 0 Å². The third-order valence-electron chi connectivity index (χ3n) is 2.91. The zero-order valence-corrected chi connectivity index (χ0v) is 11.6. The minimum absolute atomic E-state index is 0.311. The van der Waals surface area contributed by atoms with E-state index >= 15 is 0 Å². The highest BCUT2D eigenvalue weighted by Crippen LogP contribution is 2.20. The normalized spacial score (nSPS) is 9.76. The van der Waals surface area contributed by atoms with Gasteiger partial charge in [0, 0.05) is 28.8 Å². The average molecular weight is 282 g/mol. The molecule has 6 heteroatoms. The van der Waals surface area contributed by atoms with Gasteiger partial charge in [0.05, 0.1) is 6.61 Å². The monoisotopic (exact) mass is 282 g/mol. The van der Waals surface area contributed by atoms with Crippen LogP contribution in [0.1, 0.15) is 21.6 Å². The summed E-state index contributed by atoms with van der Waals surface area (Å²) in [4.78, 5) is 18.2. The van der Waals surface area contributed by atoms with Crippen molar-refractivity contribution in [1.82, 2.24) is 4.98 Å². The number of aryl methyl sites for hydroxylation is 1. The lowest BCUT2D eigenvalue weighted by Crippen LogP contribution is -2.04. The minimum Gasteiger partial charge on any atom is -0.493 e. The molecule has 0 aliphatic carbocycles. The Morgan fingerprint density at radius 1 is 1.38 bits per heavy atom. The van der Waals surface area contributed by atoms with E-state index in [0.717, 1.165) is 11.3 Å². The van der Waals surface area contributed by atoms with Crippen molar-refractivity contribution in [3.63, 3.8) is 0 Å². The van der Waals surface area contributed by atoms with Gasteiger partial charge >= 0.3 is 0 Å². The summed E-state index contributed by atoms with van der Waals surface area (Å²) in [6.07, 6.45) is 2.41. The van der Waals surface area contributed by atoms with Crippen LogP contribution >= 0.6 is 0 Å². The van der Waals surface area contributed by atoms with E-state index in [1.54, 1.807) is 24.4 Å². The van der Waals surface area contributed by atoms with Crippen LogP contribution in [-0.4, -0.2) is 17.5 Å². The van der Waals surface area contributed by atoms with E-state index in [0.29, 0.717) is 24.3 Å². The molecule has 0 unspecified atom stereocenters. The number of nitrogens with zero attached hydrogens (tertiary/aromatic N) is 4. The molecule has 1 heterocycles. The van der Waals surface area contributed by atoms with E-state index in [2.05, 4.69) is 15.0 Å². The van der Waals surface area contributed by atoms with Crippen LogP contribution in [0.4, 0.5) is 0 Å². The number of amides is 1. The van der Waals surface area contributed by atoms with Crippen LogP contribution in [0.25, 0.3) is 10.4 Å². The maximum atomic E-state index is 11.5. The Hall–Kier alpha value is -2.85. The number of aromatic nitrogens is 1. The molecule has 0 aliphatic rings. The van der Waals surface area contributed by atoms with Gasteiger partial charge in [0.2, 0.25) is 5.91 Å². The van der Waals surface area contributed by atoms with E-state index in [1.165, 1.54) is 0 Å². The third kappa shape index (κ3) is 4.06. The van der Waals surface area contributed by atoms with E-state index in [9.17, 15) is 4.79 Å². The second-order valence-corrected chi connectivity index (χ2v) is 4.39. The lowest BCUT2D eigenvalue weighted by atomic mass is 10.1. The molecule has 0 bridgehead atoms. The van der Waals surface area contributed by atoms with Gasteiger partial charge in [-0.1, -0.05) is 18.2 Å². The first-order valence-corrected chi connectivity index (χ1v) is 6.43. The summed E-state index contributed by atoms with van der Waals surface area (Å²) in [5, 5.41) is 3.07. The van der Waals surface area contributed by atoms with Crippen molar-refractivity contribution in [3.8, 4) is 5.75 Å². The summed E-state index contributed by atoms with van der Waals surface area (Å²) < 4.78 is 5.68. The summed E-state index contributed by atoms with van der Waals surface area (Å²) in [6, 6.07) is 10.7. The SMILES string of the molecule is Cc1ccc(C(=O)N=[N+]=[N-])cc1OCCc1ccccn1. The molecule has 0 aliphatic heterocycles. The van der Waals surface area contributed by atoms with Gasteiger partial charge < -0.3 is 4.74 Å². The maximum absolute atomic E-state index is 11.5. The minimum atomic E-state index is -0.618. The Labute approximate surface area is 122 Å². The Morgan fingerprint density at radius 3 is 2.95 bits per heavy atom. The molecule has 0 atom stereocenters. The molecule has 1 amide bonds. The zero-order chi connectivity index (χ0) is 15.1. The summed E-state index contributed by atoms with van der Waals surface area (Å²) in [5.41, 5.74) is 10.5. The van der Waals surface area contributed by atoms with Gasteiger partial charge in [-0.3, -0.25) is 9.78 Å². The Balaban J connectivity index is 2.04. The molecule has 1 aromatic carbocycles. The fourth-order valence-electron chi connectivity index (χ4n) is 1.80. The van der Waals surface area contributed by atoms with Crippen LogP contribution in [0.2, 0.25) is 0 Å². The third-order valence-corrected chi connectivity index (χ3v) is 2.91. The van der Waals surface area contributed by atoms with Crippen LogP contribution < -0.4 is 4.74 Å². The molecule has 1 aromatic heterocycles. The van der Waals surface area contributed by atoms with E-state index in [1.807, 2.05) is 25.1 Å². The van der Waals surface area contributed by atoms with E-state index in [4.69, 9.17) is 10.3 Å². The molecule has 0 spiro atoms. The van der Waals surface area contributed by atoms with Crippen molar-refractivity contribution >= 4 is 5.91 Å². The first-order chi connectivity index (χ1) is 10.2. The number of carbonyl (C=O) groups excluding carboxylic acids is 1.